The first-order chi connectivity index (χ1) is 9.08. The van der Waals surface area contributed by atoms with Gasteiger partial charge in [-0.05, 0) is 13.0 Å². The highest BCUT2D eigenvalue weighted by Crippen LogP contribution is 2.20. The van der Waals surface area contributed by atoms with Gasteiger partial charge in [0, 0.05) is 32.1 Å². The van der Waals surface area contributed by atoms with Crippen LogP contribution in [0.25, 0.3) is 11.1 Å². The van der Waals surface area contributed by atoms with Gasteiger partial charge in [-0.2, -0.15) is 0 Å². The fourth-order valence-corrected chi connectivity index (χ4v) is 1.65. The molecule has 2 heterocycles. The number of aromatic nitrogens is 3. The fraction of sp³-hybridized carbons (Fsp3) is 0.250. The third kappa shape index (κ3) is 1.92. The number of ether oxygens (including phenoxy) is 1. The van der Waals surface area contributed by atoms with Gasteiger partial charge in [0.25, 0.3) is 5.56 Å². The summed E-state index contributed by atoms with van der Waals surface area (Å²) in [6.07, 6.45) is 2.92. The molecule has 0 fully saturated rings. The lowest BCUT2D eigenvalue weighted by Gasteiger charge is -2.05. The first-order valence-corrected chi connectivity index (χ1v) is 5.19. The molecule has 0 aliphatic rings. The number of carbonyl (C=O) groups excluding carboxylic acids is 1. The second kappa shape index (κ2) is 4.48. The number of hydrogen-bond donors (Lipinski definition) is 1. The summed E-state index contributed by atoms with van der Waals surface area (Å²) < 4.78 is 13.3. The Labute approximate surface area is 105 Å². The van der Waals surface area contributed by atoms with Crippen molar-refractivity contribution in [3.8, 4) is 11.1 Å². The maximum atomic E-state index is 11.9. The summed E-state index contributed by atoms with van der Waals surface area (Å²) in [5, 5.41) is 2.74. The maximum Gasteiger partial charge on any atom is 0.338 e. The fourth-order valence-electron chi connectivity index (χ4n) is 1.65. The van der Waals surface area contributed by atoms with Gasteiger partial charge in [0.1, 0.15) is 0 Å². The lowest BCUT2D eigenvalue weighted by molar-refractivity contribution is 0.0601. The Balaban J connectivity index is 2.66. The molecule has 0 aliphatic heterocycles. The number of nitrogens with zero attached hydrogens (tertiary/aromatic N) is 2. The summed E-state index contributed by atoms with van der Waals surface area (Å²) in [5.74, 6) is -0.560. The summed E-state index contributed by atoms with van der Waals surface area (Å²) in [6, 6.07) is 1.47. The van der Waals surface area contributed by atoms with E-state index in [9.17, 15) is 9.59 Å². The van der Waals surface area contributed by atoms with Gasteiger partial charge in [-0.1, -0.05) is 0 Å². The van der Waals surface area contributed by atoms with Crippen LogP contribution in [0, 0.1) is 6.90 Å². The molecule has 0 saturated heterocycles. The molecule has 0 aliphatic carbocycles. The quantitative estimate of drug-likeness (QED) is 0.800. The van der Waals surface area contributed by atoms with Crippen molar-refractivity contribution in [2.24, 2.45) is 7.05 Å². The van der Waals surface area contributed by atoms with Crippen molar-refractivity contribution in [1.82, 2.24) is 14.8 Å². The molecule has 2 aromatic rings. The van der Waals surface area contributed by atoms with Gasteiger partial charge < -0.3 is 9.84 Å². The molecule has 0 amide bonds. The van der Waals surface area contributed by atoms with Crippen LogP contribution in [0.2, 0.25) is 0 Å². The molecule has 18 heavy (non-hydrogen) atoms. The van der Waals surface area contributed by atoms with E-state index in [1.807, 2.05) is 0 Å². The molecule has 0 bridgehead atoms. The van der Waals surface area contributed by atoms with Crippen molar-refractivity contribution in [3.05, 3.63) is 40.1 Å². The second-order valence-corrected chi connectivity index (χ2v) is 3.76. The molecule has 1 N–H and O–H groups in total. The average molecular weight is 248 g/mol. The third-order valence-electron chi connectivity index (χ3n) is 2.59. The minimum atomic E-state index is -0.560. The number of esters is 1. The minimum absolute atomic E-state index is 0.0462. The molecule has 6 heteroatoms. The van der Waals surface area contributed by atoms with E-state index in [1.165, 1.54) is 30.3 Å². The van der Waals surface area contributed by atoms with Gasteiger partial charge >= 0.3 is 5.97 Å². The average Bonchev–Trinajstić information content (AvgIpc) is 2.77. The zero-order chi connectivity index (χ0) is 14.0. The van der Waals surface area contributed by atoms with Crippen molar-refractivity contribution in [2.45, 2.75) is 6.90 Å². The van der Waals surface area contributed by atoms with Crippen LogP contribution in [0.4, 0.5) is 0 Å². The Morgan fingerprint density at radius 2 is 2.33 bits per heavy atom. The molecule has 0 spiro atoms. The number of rotatable bonds is 2. The Morgan fingerprint density at radius 1 is 1.56 bits per heavy atom. The second-order valence-electron chi connectivity index (χ2n) is 3.76. The molecular formula is C12H13N3O3. The number of methoxy groups -OCH3 is 1. The van der Waals surface area contributed by atoms with Gasteiger partial charge in [-0.15, -0.1) is 0 Å². The molecular weight excluding hydrogens is 234 g/mol. The lowest BCUT2D eigenvalue weighted by atomic mass is 10.0. The van der Waals surface area contributed by atoms with E-state index in [0.29, 0.717) is 16.8 Å². The van der Waals surface area contributed by atoms with Gasteiger partial charge in [-0.25, -0.2) is 4.79 Å². The predicted octanol–water partition coefficient (Wildman–Crippen LogP) is 0.870. The van der Waals surface area contributed by atoms with Crippen LogP contribution in [0.5, 0.6) is 0 Å². The first-order valence-electron chi connectivity index (χ1n) is 5.90. The Kier molecular flexibility index (Phi) is 2.68. The molecule has 6 nitrogen and oxygen atoms in total. The highest BCUT2D eigenvalue weighted by Gasteiger charge is 2.17. The number of pyridine rings is 1. The zero-order valence-electron chi connectivity index (χ0n) is 11.1. The van der Waals surface area contributed by atoms with E-state index in [1.54, 1.807) is 7.05 Å². The van der Waals surface area contributed by atoms with Crippen LogP contribution in [-0.2, 0) is 11.8 Å². The molecule has 2 aromatic heterocycles. The van der Waals surface area contributed by atoms with E-state index >= 15 is 0 Å². The Bertz CT molecular complexity index is 675. The molecule has 0 radical (unpaired) electrons. The highest BCUT2D eigenvalue weighted by atomic mass is 16.5. The van der Waals surface area contributed by atoms with Gasteiger partial charge in [0.15, 0.2) is 0 Å². The summed E-state index contributed by atoms with van der Waals surface area (Å²) >= 11 is 0. The van der Waals surface area contributed by atoms with Gasteiger partial charge in [0.2, 0.25) is 0 Å². The summed E-state index contributed by atoms with van der Waals surface area (Å²) in [5.41, 5.74) is 1.15. The standard InChI is InChI=1S/C12H13N3O3/c1-7-4-8(12(17)18-3)9(5-13-7)10-6-14-15(2)11(10)16/h4-6,14H,1-3H3/i1D. The van der Waals surface area contributed by atoms with E-state index in [2.05, 4.69) is 10.1 Å². The summed E-state index contributed by atoms with van der Waals surface area (Å²) in [6.45, 7) is -0.0462. The number of aryl methyl sites for hydroxylation is 2. The number of aromatic amines is 1. The smallest absolute Gasteiger partial charge is 0.338 e. The van der Waals surface area contributed by atoms with Crippen LogP contribution in [-0.4, -0.2) is 27.8 Å². The van der Waals surface area contributed by atoms with Crippen molar-refractivity contribution < 1.29 is 10.9 Å². The van der Waals surface area contributed by atoms with Gasteiger partial charge in [-0.3, -0.25) is 14.5 Å². The number of nitrogens with one attached hydrogen (secondary N) is 1. The molecule has 0 atom stereocenters. The number of carbonyl (C=O) groups is 1. The SMILES string of the molecule is [2H]Cc1cc(C(=O)OC)c(-c2c[nH]n(C)c2=O)cn1. The first kappa shape index (κ1) is 10.8. The predicted molar refractivity (Wildman–Crippen MR) is 65.3 cm³/mol. The van der Waals surface area contributed by atoms with Crippen molar-refractivity contribution in [1.29, 1.82) is 0 Å². The largest absolute Gasteiger partial charge is 0.465 e. The van der Waals surface area contributed by atoms with Crippen LogP contribution in [0.3, 0.4) is 0 Å². The van der Waals surface area contributed by atoms with E-state index < -0.39 is 5.97 Å². The Morgan fingerprint density at radius 3 is 2.89 bits per heavy atom. The molecule has 0 saturated carbocycles. The number of H-pyrrole nitrogens is 1. The van der Waals surface area contributed by atoms with E-state index in [0.717, 1.165) is 0 Å². The topological polar surface area (TPSA) is 77.0 Å². The molecule has 0 unspecified atom stereocenters. The monoisotopic (exact) mass is 248 g/mol. The van der Waals surface area contributed by atoms with Crippen molar-refractivity contribution in [3.63, 3.8) is 0 Å². The Hall–Kier alpha value is -2.37. The minimum Gasteiger partial charge on any atom is -0.465 e. The van der Waals surface area contributed by atoms with E-state index in [-0.39, 0.29) is 18.0 Å². The molecule has 2 rings (SSSR count). The van der Waals surface area contributed by atoms with Crippen molar-refractivity contribution >= 4 is 5.97 Å². The van der Waals surface area contributed by atoms with Crippen LogP contribution in [0.1, 0.15) is 17.4 Å². The molecule has 0 aromatic carbocycles. The van der Waals surface area contributed by atoms with E-state index in [4.69, 9.17) is 6.11 Å². The van der Waals surface area contributed by atoms with Crippen LogP contribution >= 0.6 is 0 Å². The van der Waals surface area contributed by atoms with Crippen LogP contribution < -0.4 is 5.56 Å². The van der Waals surface area contributed by atoms with Crippen molar-refractivity contribution in [2.75, 3.05) is 7.11 Å². The third-order valence-corrected chi connectivity index (χ3v) is 2.59. The number of hydrogen-bond acceptors (Lipinski definition) is 4. The zero-order valence-corrected chi connectivity index (χ0v) is 10.1. The van der Waals surface area contributed by atoms with Gasteiger partial charge in [0.05, 0.1) is 18.2 Å². The molecule has 94 valence electrons. The summed E-state index contributed by atoms with van der Waals surface area (Å²) in [4.78, 5) is 27.7. The summed E-state index contributed by atoms with van der Waals surface area (Å²) in [7, 11) is 2.84. The normalized spacial score (nSPS) is 11.1. The lowest BCUT2D eigenvalue weighted by Crippen LogP contribution is -2.15. The van der Waals surface area contributed by atoms with Crippen LogP contribution in [0.15, 0.2) is 23.3 Å². The highest BCUT2D eigenvalue weighted by molar-refractivity contribution is 5.96. The maximum absolute atomic E-state index is 11.9.